The number of rotatable bonds is 5. The van der Waals surface area contributed by atoms with Crippen LogP contribution in [0.15, 0.2) is 21.4 Å². The zero-order valence-corrected chi connectivity index (χ0v) is 11.2. The first-order chi connectivity index (χ1) is 7.86. The Morgan fingerprint density at radius 3 is 2.65 bits per heavy atom. The van der Waals surface area contributed by atoms with Crippen LogP contribution in [-0.2, 0) is 4.79 Å². The monoisotopic (exact) mass is 303 g/mol. The summed E-state index contributed by atoms with van der Waals surface area (Å²) in [6.07, 6.45) is 1.73. The molecule has 1 atom stereocenters. The predicted octanol–water partition coefficient (Wildman–Crippen LogP) is 2.42. The van der Waals surface area contributed by atoms with Crippen molar-refractivity contribution < 1.29 is 19.1 Å². The molecule has 0 spiro atoms. The first-order valence-corrected chi connectivity index (χ1v) is 5.94. The van der Waals surface area contributed by atoms with Crippen LogP contribution >= 0.6 is 15.9 Å². The van der Waals surface area contributed by atoms with E-state index in [4.69, 9.17) is 9.52 Å². The van der Waals surface area contributed by atoms with Crippen LogP contribution in [0, 0.1) is 0 Å². The number of hydrogen-bond donors (Lipinski definition) is 2. The number of nitrogens with one attached hydrogen (secondary N) is 1. The lowest BCUT2D eigenvalue weighted by molar-refractivity contribution is -0.138. The van der Waals surface area contributed by atoms with Crippen molar-refractivity contribution in [3.63, 3.8) is 0 Å². The van der Waals surface area contributed by atoms with E-state index in [0.29, 0.717) is 16.7 Å². The third kappa shape index (κ3) is 3.89. The number of carbonyl (C=O) groups excluding carboxylic acids is 1. The highest BCUT2D eigenvalue weighted by atomic mass is 79.9. The smallest absolute Gasteiger partial charge is 0.305 e. The second-order valence-electron chi connectivity index (χ2n) is 4.08. The Morgan fingerprint density at radius 2 is 2.24 bits per heavy atom. The quantitative estimate of drug-likeness (QED) is 0.875. The number of hydrogen-bond acceptors (Lipinski definition) is 3. The average Bonchev–Trinajstić information content (AvgIpc) is 2.63. The summed E-state index contributed by atoms with van der Waals surface area (Å²) in [6.45, 7) is 3.53. The molecule has 2 N–H and O–H groups in total. The van der Waals surface area contributed by atoms with Crippen LogP contribution in [0.4, 0.5) is 0 Å². The molecular weight excluding hydrogens is 290 g/mol. The largest absolute Gasteiger partial charge is 0.481 e. The standard InChI is InChI=1S/C11H14BrNO4/c1-3-11(2,5-9(14)15)13-10(16)7-4-8(12)17-6-7/h4,6H,3,5H2,1-2H3,(H,13,16)(H,14,15)/t11-/m1/s1. The van der Waals surface area contributed by atoms with Crippen LogP contribution in [0.1, 0.15) is 37.0 Å². The van der Waals surface area contributed by atoms with Crippen molar-refractivity contribution in [2.45, 2.75) is 32.2 Å². The van der Waals surface area contributed by atoms with E-state index < -0.39 is 11.5 Å². The molecule has 1 aromatic rings. The van der Waals surface area contributed by atoms with E-state index >= 15 is 0 Å². The average molecular weight is 304 g/mol. The highest BCUT2D eigenvalue weighted by Crippen LogP contribution is 2.18. The summed E-state index contributed by atoms with van der Waals surface area (Å²) >= 11 is 3.10. The Balaban J connectivity index is 2.74. The number of halogens is 1. The molecule has 0 aliphatic heterocycles. The first kappa shape index (κ1) is 13.8. The fourth-order valence-electron chi connectivity index (χ4n) is 1.37. The van der Waals surface area contributed by atoms with Crippen molar-refractivity contribution >= 4 is 27.8 Å². The number of aliphatic carboxylic acids is 1. The molecule has 6 heteroatoms. The summed E-state index contributed by atoms with van der Waals surface area (Å²) in [7, 11) is 0. The van der Waals surface area contributed by atoms with Crippen LogP contribution in [-0.4, -0.2) is 22.5 Å². The van der Waals surface area contributed by atoms with E-state index in [-0.39, 0.29) is 12.3 Å². The van der Waals surface area contributed by atoms with Gasteiger partial charge >= 0.3 is 5.97 Å². The van der Waals surface area contributed by atoms with E-state index in [2.05, 4.69) is 21.2 Å². The maximum absolute atomic E-state index is 11.8. The molecule has 0 aliphatic rings. The van der Waals surface area contributed by atoms with E-state index in [9.17, 15) is 9.59 Å². The SMILES string of the molecule is CC[C@](C)(CC(=O)O)NC(=O)c1coc(Br)c1. The lowest BCUT2D eigenvalue weighted by atomic mass is 9.94. The van der Waals surface area contributed by atoms with Gasteiger partial charge in [0.15, 0.2) is 4.67 Å². The van der Waals surface area contributed by atoms with Crippen LogP contribution in [0.3, 0.4) is 0 Å². The number of carbonyl (C=O) groups is 2. The number of carboxylic acid groups (broad SMARTS) is 1. The minimum atomic E-state index is -0.942. The van der Waals surface area contributed by atoms with E-state index in [1.807, 2.05) is 6.92 Å². The molecule has 1 aromatic heterocycles. The van der Waals surface area contributed by atoms with Crippen molar-refractivity contribution in [2.75, 3.05) is 0 Å². The van der Waals surface area contributed by atoms with Gasteiger partial charge in [0.2, 0.25) is 0 Å². The van der Waals surface area contributed by atoms with Crippen molar-refractivity contribution in [2.24, 2.45) is 0 Å². The maximum Gasteiger partial charge on any atom is 0.305 e. The van der Waals surface area contributed by atoms with E-state index in [0.717, 1.165) is 0 Å². The third-order valence-corrected chi connectivity index (χ3v) is 2.98. The zero-order valence-electron chi connectivity index (χ0n) is 9.62. The second-order valence-corrected chi connectivity index (χ2v) is 4.86. The number of amides is 1. The fourth-order valence-corrected chi connectivity index (χ4v) is 1.71. The predicted molar refractivity (Wildman–Crippen MR) is 64.8 cm³/mol. The van der Waals surface area contributed by atoms with Gasteiger partial charge in [-0.2, -0.15) is 0 Å². The van der Waals surface area contributed by atoms with Crippen LogP contribution in [0.25, 0.3) is 0 Å². The highest BCUT2D eigenvalue weighted by molar-refractivity contribution is 9.10. The molecule has 0 radical (unpaired) electrons. The molecule has 1 heterocycles. The van der Waals surface area contributed by atoms with Gasteiger partial charge in [0.1, 0.15) is 6.26 Å². The molecular formula is C11H14BrNO4. The van der Waals surface area contributed by atoms with Gasteiger partial charge in [-0.1, -0.05) is 6.92 Å². The summed E-state index contributed by atoms with van der Waals surface area (Å²) in [4.78, 5) is 22.5. The Morgan fingerprint density at radius 1 is 1.59 bits per heavy atom. The topological polar surface area (TPSA) is 79.5 Å². The van der Waals surface area contributed by atoms with Gasteiger partial charge < -0.3 is 14.8 Å². The van der Waals surface area contributed by atoms with Gasteiger partial charge in [0.25, 0.3) is 5.91 Å². The molecule has 94 valence electrons. The van der Waals surface area contributed by atoms with Crippen molar-refractivity contribution in [3.05, 3.63) is 22.6 Å². The minimum absolute atomic E-state index is 0.117. The summed E-state index contributed by atoms with van der Waals surface area (Å²) in [6, 6.07) is 1.53. The van der Waals surface area contributed by atoms with Gasteiger partial charge in [-0.05, 0) is 29.3 Å². The van der Waals surface area contributed by atoms with E-state index in [1.165, 1.54) is 12.3 Å². The van der Waals surface area contributed by atoms with Gasteiger partial charge in [-0.15, -0.1) is 0 Å². The first-order valence-electron chi connectivity index (χ1n) is 5.14. The van der Waals surface area contributed by atoms with Crippen LogP contribution in [0.5, 0.6) is 0 Å². The lowest BCUT2D eigenvalue weighted by Crippen LogP contribution is -2.46. The molecule has 1 rings (SSSR count). The summed E-state index contributed by atoms with van der Waals surface area (Å²) in [5.74, 6) is -1.28. The summed E-state index contributed by atoms with van der Waals surface area (Å²) < 4.78 is 5.41. The molecule has 1 amide bonds. The Hall–Kier alpha value is -1.30. The number of carboxylic acids is 1. The van der Waals surface area contributed by atoms with Crippen molar-refractivity contribution in [1.82, 2.24) is 5.32 Å². The summed E-state index contributed by atoms with van der Waals surface area (Å²) in [5, 5.41) is 11.5. The van der Waals surface area contributed by atoms with Gasteiger partial charge in [-0.25, -0.2) is 0 Å². The van der Waals surface area contributed by atoms with Gasteiger partial charge in [0, 0.05) is 11.6 Å². The number of furan rings is 1. The molecule has 0 aromatic carbocycles. The van der Waals surface area contributed by atoms with E-state index in [1.54, 1.807) is 6.92 Å². The second kappa shape index (κ2) is 5.35. The molecule has 17 heavy (non-hydrogen) atoms. The minimum Gasteiger partial charge on any atom is -0.481 e. The Bertz CT molecular complexity index is 429. The van der Waals surface area contributed by atoms with Crippen molar-refractivity contribution in [1.29, 1.82) is 0 Å². The van der Waals surface area contributed by atoms with Crippen LogP contribution in [0.2, 0.25) is 0 Å². The lowest BCUT2D eigenvalue weighted by Gasteiger charge is -2.27. The Labute approximate surface area is 107 Å². The third-order valence-electron chi connectivity index (χ3n) is 2.57. The Kier molecular flexibility index (Phi) is 4.34. The molecule has 0 saturated heterocycles. The molecule has 0 bridgehead atoms. The molecule has 5 nitrogen and oxygen atoms in total. The molecule has 0 unspecified atom stereocenters. The molecule has 0 aliphatic carbocycles. The molecule has 0 fully saturated rings. The van der Waals surface area contributed by atoms with Crippen molar-refractivity contribution in [3.8, 4) is 0 Å². The highest BCUT2D eigenvalue weighted by Gasteiger charge is 2.28. The summed E-state index contributed by atoms with van der Waals surface area (Å²) in [5.41, 5.74) is -0.394. The fraction of sp³-hybridized carbons (Fsp3) is 0.455. The molecule has 0 saturated carbocycles. The normalized spacial score (nSPS) is 14.1. The van der Waals surface area contributed by atoms with Crippen LogP contribution < -0.4 is 5.32 Å². The van der Waals surface area contributed by atoms with Gasteiger partial charge in [0.05, 0.1) is 12.0 Å². The maximum atomic E-state index is 11.8. The van der Waals surface area contributed by atoms with Gasteiger partial charge in [-0.3, -0.25) is 9.59 Å². The zero-order chi connectivity index (χ0) is 13.1.